The molecule has 1 N–H and O–H groups in total. The monoisotopic (exact) mass is 265 g/mol. The van der Waals surface area contributed by atoms with E-state index < -0.39 is 4.92 Å². The minimum atomic E-state index is -0.485. The van der Waals surface area contributed by atoms with E-state index in [9.17, 15) is 14.9 Å². The van der Waals surface area contributed by atoms with Crippen LogP contribution >= 0.6 is 0 Å². The van der Waals surface area contributed by atoms with E-state index in [4.69, 9.17) is 0 Å². The van der Waals surface area contributed by atoms with Crippen molar-refractivity contribution in [2.45, 2.75) is 19.9 Å². The Labute approximate surface area is 112 Å². The van der Waals surface area contributed by atoms with Crippen LogP contribution in [0.2, 0.25) is 0 Å². The van der Waals surface area contributed by atoms with Gasteiger partial charge in [0.1, 0.15) is 12.0 Å². The summed E-state index contributed by atoms with van der Waals surface area (Å²) in [5.74, 6) is 0. The fourth-order valence-corrected chi connectivity index (χ4v) is 1.55. The molecular weight excluding hydrogens is 246 g/mol. The predicted octanol–water partition coefficient (Wildman–Crippen LogP) is 2.16. The minimum Gasteiger partial charge on any atom is -0.378 e. The van der Waals surface area contributed by atoms with Crippen LogP contribution in [-0.4, -0.2) is 42.3 Å². The van der Waals surface area contributed by atoms with E-state index in [1.807, 2.05) is 7.05 Å². The van der Waals surface area contributed by atoms with E-state index in [1.165, 1.54) is 6.07 Å². The molecule has 0 aliphatic heterocycles. The van der Waals surface area contributed by atoms with Crippen LogP contribution in [-0.2, 0) is 0 Å². The maximum Gasteiger partial charge on any atom is 0.293 e. The molecule has 0 aromatic heterocycles. The SMILES string of the molecule is CC(C)N(C)CCNc1ccc(C=O)cc1[N+](=O)[O-]. The molecule has 0 spiro atoms. The molecule has 6 nitrogen and oxygen atoms in total. The molecule has 104 valence electrons. The molecule has 0 fully saturated rings. The maximum absolute atomic E-state index is 10.9. The van der Waals surface area contributed by atoms with E-state index in [1.54, 1.807) is 12.1 Å². The van der Waals surface area contributed by atoms with Crippen LogP contribution < -0.4 is 5.32 Å². The number of benzene rings is 1. The highest BCUT2D eigenvalue weighted by atomic mass is 16.6. The van der Waals surface area contributed by atoms with E-state index in [-0.39, 0.29) is 5.69 Å². The lowest BCUT2D eigenvalue weighted by atomic mass is 10.2. The van der Waals surface area contributed by atoms with Crippen molar-refractivity contribution in [1.82, 2.24) is 4.90 Å². The highest BCUT2D eigenvalue weighted by Gasteiger charge is 2.14. The van der Waals surface area contributed by atoms with Crippen molar-refractivity contribution in [3.05, 3.63) is 33.9 Å². The molecule has 0 amide bonds. The van der Waals surface area contributed by atoms with Gasteiger partial charge in [-0.25, -0.2) is 0 Å². The second kappa shape index (κ2) is 6.84. The smallest absolute Gasteiger partial charge is 0.293 e. The third kappa shape index (κ3) is 4.33. The van der Waals surface area contributed by atoms with Crippen LogP contribution in [0, 0.1) is 10.1 Å². The summed E-state index contributed by atoms with van der Waals surface area (Å²) in [4.78, 5) is 23.2. The van der Waals surface area contributed by atoms with Crippen molar-refractivity contribution < 1.29 is 9.72 Å². The van der Waals surface area contributed by atoms with E-state index in [0.29, 0.717) is 30.1 Å². The highest BCUT2D eigenvalue weighted by molar-refractivity contribution is 5.79. The molecule has 6 heteroatoms. The predicted molar refractivity (Wildman–Crippen MR) is 74.7 cm³/mol. The lowest BCUT2D eigenvalue weighted by molar-refractivity contribution is -0.384. The number of carbonyl (C=O) groups excluding carboxylic acids is 1. The normalized spacial score (nSPS) is 10.8. The van der Waals surface area contributed by atoms with Gasteiger partial charge in [-0.3, -0.25) is 14.9 Å². The molecule has 0 aliphatic rings. The number of likely N-dealkylation sites (N-methyl/N-ethyl adjacent to an activating group) is 1. The average Bonchev–Trinajstić information content (AvgIpc) is 2.38. The number of hydrogen-bond acceptors (Lipinski definition) is 5. The van der Waals surface area contributed by atoms with Gasteiger partial charge in [-0.1, -0.05) is 0 Å². The first-order chi connectivity index (χ1) is 8.95. The first-order valence-electron chi connectivity index (χ1n) is 6.13. The van der Waals surface area contributed by atoms with Gasteiger partial charge in [0.15, 0.2) is 0 Å². The van der Waals surface area contributed by atoms with Gasteiger partial charge >= 0.3 is 0 Å². The third-order valence-corrected chi connectivity index (χ3v) is 3.02. The lowest BCUT2D eigenvalue weighted by Crippen LogP contribution is -2.31. The zero-order chi connectivity index (χ0) is 14.4. The van der Waals surface area contributed by atoms with Gasteiger partial charge in [-0.2, -0.15) is 0 Å². The summed E-state index contributed by atoms with van der Waals surface area (Å²) in [6.07, 6.45) is 0.601. The minimum absolute atomic E-state index is 0.0724. The van der Waals surface area contributed by atoms with E-state index >= 15 is 0 Å². The summed E-state index contributed by atoms with van der Waals surface area (Å²) < 4.78 is 0. The Balaban J connectivity index is 2.72. The summed E-state index contributed by atoms with van der Waals surface area (Å²) in [5, 5.41) is 14.0. The number of nitro groups is 1. The molecule has 0 aliphatic carbocycles. The van der Waals surface area contributed by atoms with Crippen LogP contribution in [0.4, 0.5) is 11.4 Å². The van der Waals surface area contributed by atoms with Crippen molar-refractivity contribution in [1.29, 1.82) is 0 Å². The van der Waals surface area contributed by atoms with Gasteiger partial charge in [-0.05, 0) is 33.0 Å². The maximum atomic E-state index is 10.9. The number of nitro benzene ring substituents is 1. The van der Waals surface area contributed by atoms with Crippen LogP contribution in [0.25, 0.3) is 0 Å². The lowest BCUT2D eigenvalue weighted by Gasteiger charge is -2.21. The molecule has 1 rings (SSSR count). The van der Waals surface area contributed by atoms with Crippen molar-refractivity contribution in [3.8, 4) is 0 Å². The summed E-state index contributed by atoms with van der Waals surface area (Å²) in [6, 6.07) is 4.84. The Morgan fingerprint density at radius 2 is 2.16 bits per heavy atom. The quantitative estimate of drug-likeness (QED) is 0.464. The molecule has 0 saturated heterocycles. The fourth-order valence-electron chi connectivity index (χ4n) is 1.55. The molecule has 1 aromatic carbocycles. The summed E-state index contributed by atoms with van der Waals surface area (Å²) in [6.45, 7) is 5.56. The molecule has 0 heterocycles. The van der Waals surface area contributed by atoms with Crippen molar-refractivity contribution in [2.75, 3.05) is 25.5 Å². The Hall–Kier alpha value is -1.95. The Bertz CT molecular complexity index is 460. The zero-order valence-corrected chi connectivity index (χ0v) is 11.4. The van der Waals surface area contributed by atoms with Crippen LogP contribution in [0.5, 0.6) is 0 Å². The number of hydrogen-bond donors (Lipinski definition) is 1. The summed E-state index contributed by atoms with van der Waals surface area (Å²) in [7, 11) is 2.00. The number of rotatable bonds is 7. The Morgan fingerprint density at radius 1 is 1.47 bits per heavy atom. The number of anilines is 1. The molecule has 0 saturated carbocycles. The largest absolute Gasteiger partial charge is 0.378 e. The highest BCUT2D eigenvalue weighted by Crippen LogP contribution is 2.24. The number of carbonyl (C=O) groups is 1. The van der Waals surface area contributed by atoms with Gasteiger partial charge < -0.3 is 10.2 Å². The average molecular weight is 265 g/mol. The topological polar surface area (TPSA) is 75.5 Å². The Kier molecular flexibility index (Phi) is 5.44. The van der Waals surface area contributed by atoms with Crippen molar-refractivity contribution in [2.24, 2.45) is 0 Å². The van der Waals surface area contributed by atoms with E-state index in [0.717, 1.165) is 6.54 Å². The first kappa shape index (κ1) is 15.1. The standard InChI is InChI=1S/C13H19N3O3/c1-10(2)15(3)7-6-14-12-5-4-11(9-17)8-13(12)16(18)19/h4-5,8-10,14H,6-7H2,1-3H3. The summed E-state index contributed by atoms with van der Waals surface area (Å²) >= 11 is 0. The Morgan fingerprint density at radius 3 is 2.68 bits per heavy atom. The number of nitrogens with one attached hydrogen (secondary N) is 1. The van der Waals surface area contributed by atoms with Crippen molar-refractivity contribution in [3.63, 3.8) is 0 Å². The molecule has 0 radical (unpaired) electrons. The van der Waals surface area contributed by atoms with Gasteiger partial charge in [0.2, 0.25) is 0 Å². The van der Waals surface area contributed by atoms with Crippen LogP contribution in [0.3, 0.4) is 0 Å². The fraction of sp³-hybridized carbons (Fsp3) is 0.462. The second-order valence-corrected chi connectivity index (χ2v) is 4.65. The number of aldehydes is 1. The summed E-state index contributed by atoms with van der Waals surface area (Å²) in [5.41, 5.74) is 0.668. The van der Waals surface area contributed by atoms with Gasteiger partial charge in [0, 0.05) is 30.8 Å². The second-order valence-electron chi connectivity index (χ2n) is 4.65. The molecule has 19 heavy (non-hydrogen) atoms. The number of nitrogens with zero attached hydrogens (tertiary/aromatic N) is 2. The molecule has 1 aromatic rings. The van der Waals surface area contributed by atoms with E-state index in [2.05, 4.69) is 24.1 Å². The van der Waals surface area contributed by atoms with Gasteiger partial charge in [-0.15, -0.1) is 0 Å². The zero-order valence-electron chi connectivity index (χ0n) is 11.4. The van der Waals surface area contributed by atoms with Crippen LogP contribution in [0.15, 0.2) is 18.2 Å². The molecular formula is C13H19N3O3. The van der Waals surface area contributed by atoms with Gasteiger partial charge in [0.05, 0.1) is 4.92 Å². The third-order valence-electron chi connectivity index (χ3n) is 3.02. The van der Waals surface area contributed by atoms with Crippen molar-refractivity contribution >= 4 is 17.7 Å². The molecule has 0 unspecified atom stereocenters. The molecule has 0 atom stereocenters. The van der Waals surface area contributed by atoms with Gasteiger partial charge in [0.25, 0.3) is 5.69 Å². The van der Waals surface area contributed by atoms with Crippen LogP contribution in [0.1, 0.15) is 24.2 Å². The first-order valence-corrected chi connectivity index (χ1v) is 6.13. The molecule has 0 bridgehead atoms.